The van der Waals surface area contributed by atoms with Gasteiger partial charge in [0.1, 0.15) is 5.92 Å². The van der Waals surface area contributed by atoms with E-state index >= 15 is 0 Å². The van der Waals surface area contributed by atoms with Crippen molar-refractivity contribution in [3.63, 3.8) is 0 Å². The standard InChI is InChI=1S/C18H17N3O4S/c1-11(25-15-10-6-5-9-14(15)24-2)16(22)20-21-17(23)12-7-3-4-8-13(12)19-18(21)26/h3-12H,1-2H3,(H,20,22). The predicted octanol–water partition coefficient (Wildman–Crippen LogP) is 1.80. The molecule has 0 saturated heterocycles. The number of ether oxygens (including phenoxy) is 2. The molecule has 0 fully saturated rings. The number of hydrogen-bond acceptors (Lipinski definition) is 5. The molecule has 1 aliphatic heterocycles. The minimum Gasteiger partial charge on any atom is -0.493 e. The van der Waals surface area contributed by atoms with Crippen LogP contribution in [0, 0.1) is 5.92 Å². The van der Waals surface area contributed by atoms with E-state index in [2.05, 4.69) is 10.4 Å². The summed E-state index contributed by atoms with van der Waals surface area (Å²) in [5, 5.41) is 0.969. The van der Waals surface area contributed by atoms with Gasteiger partial charge in [-0.25, -0.2) is 4.99 Å². The molecule has 2 aliphatic rings. The average Bonchev–Trinajstić information content (AvgIpc) is 2.65. The van der Waals surface area contributed by atoms with E-state index in [1.807, 2.05) is 0 Å². The zero-order valence-corrected chi connectivity index (χ0v) is 15.0. The van der Waals surface area contributed by atoms with Crippen LogP contribution in [0.15, 0.2) is 53.6 Å². The smallest absolute Gasteiger partial charge is 0.279 e. The number of benzene rings is 1. The number of amides is 2. The summed E-state index contributed by atoms with van der Waals surface area (Å²) in [5.41, 5.74) is 3.04. The van der Waals surface area contributed by atoms with Crippen molar-refractivity contribution in [1.82, 2.24) is 10.4 Å². The van der Waals surface area contributed by atoms with Crippen molar-refractivity contribution in [1.29, 1.82) is 0 Å². The van der Waals surface area contributed by atoms with Gasteiger partial charge in [0.05, 0.1) is 12.8 Å². The number of thiocarbonyl (C=S) groups is 1. The molecule has 134 valence electrons. The van der Waals surface area contributed by atoms with Crippen LogP contribution in [0.2, 0.25) is 0 Å². The highest BCUT2D eigenvalue weighted by Gasteiger charge is 2.35. The Balaban J connectivity index is 1.70. The number of para-hydroxylation sites is 2. The minimum atomic E-state index is -0.880. The summed E-state index contributed by atoms with van der Waals surface area (Å²) in [7, 11) is 1.51. The molecule has 0 aromatic heterocycles. The summed E-state index contributed by atoms with van der Waals surface area (Å²) < 4.78 is 10.8. The van der Waals surface area contributed by atoms with Crippen LogP contribution in [0.25, 0.3) is 0 Å². The summed E-state index contributed by atoms with van der Waals surface area (Å²) in [6.45, 7) is 1.57. The SMILES string of the molecule is COc1ccccc1OC(C)C(=O)NN1C(=O)C2C=CC=CC2=NC1=S. The lowest BCUT2D eigenvalue weighted by Crippen LogP contribution is -2.56. The lowest BCUT2D eigenvalue weighted by atomic mass is 9.96. The van der Waals surface area contributed by atoms with Gasteiger partial charge in [0.15, 0.2) is 17.6 Å². The molecule has 2 atom stereocenters. The van der Waals surface area contributed by atoms with Gasteiger partial charge in [-0.2, -0.15) is 5.01 Å². The number of methoxy groups -OCH3 is 1. The minimum absolute atomic E-state index is 0.0148. The maximum Gasteiger partial charge on any atom is 0.279 e. The number of allylic oxidation sites excluding steroid dienone is 3. The number of hydrazine groups is 1. The van der Waals surface area contributed by atoms with Crippen LogP contribution in [0.1, 0.15) is 6.92 Å². The van der Waals surface area contributed by atoms with E-state index < -0.39 is 17.9 Å². The normalized spacial score (nSPS) is 19.5. The Hall–Kier alpha value is -3.00. The van der Waals surface area contributed by atoms with Gasteiger partial charge < -0.3 is 9.47 Å². The van der Waals surface area contributed by atoms with E-state index in [1.165, 1.54) is 7.11 Å². The van der Waals surface area contributed by atoms with Crippen molar-refractivity contribution >= 4 is 34.9 Å². The van der Waals surface area contributed by atoms with Gasteiger partial charge in [0, 0.05) is 0 Å². The molecule has 0 saturated carbocycles. The van der Waals surface area contributed by atoms with E-state index in [-0.39, 0.29) is 11.0 Å². The zero-order chi connectivity index (χ0) is 18.7. The largest absolute Gasteiger partial charge is 0.493 e. The third-order valence-electron chi connectivity index (χ3n) is 3.87. The van der Waals surface area contributed by atoms with Gasteiger partial charge in [-0.15, -0.1) is 0 Å². The molecule has 1 heterocycles. The number of fused-ring (bicyclic) bond motifs is 1. The van der Waals surface area contributed by atoms with E-state index in [9.17, 15) is 9.59 Å². The molecule has 0 spiro atoms. The number of carbonyl (C=O) groups excluding carboxylic acids is 2. The molecule has 1 aliphatic carbocycles. The molecule has 1 aromatic rings. The molecule has 8 heteroatoms. The Labute approximate surface area is 156 Å². The van der Waals surface area contributed by atoms with Gasteiger partial charge in [-0.05, 0) is 37.4 Å². The molecule has 0 bridgehead atoms. The highest BCUT2D eigenvalue weighted by Crippen LogP contribution is 2.27. The van der Waals surface area contributed by atoms with Gasteiger partial charge in [-0.3, -0.25) is 15.0 Å². The number of hydrogen-bond donors (Lipinski definition) is 1. The van der Waals surface area contributed by atoms with Crippen LogP contribution in [-0.2, 0) is 9.59 Å². The Bertz CT molecular complexity index is 847. The third-order valence-corrected chi connectivity index (χ3v) is 4.14. The van der Waals surface area contributed by atoms with Crippen molar-refractivity contribution in [2.45, 2.75) is 13.0 Å². The van der Waals surface area contributed by atoms with Crippen LogP contribution in [0.4, 0.5) is 0 Å². The second kappa shape index (κ2) is 7.49. The topological polar surface area (TPSA) is 80.2 Å². The fourth-order valence-corrected chi connectivity index (χ4v) is 2.75. The number of aliphatic imine (C=N–C) groups is 1. The average molecular weight is 371 g/mol. The van der Waals surface area contributed by atoms with Crippen LogP contribution in [0.5, 0.6) is 11.5 Å². The van der Waals surface area contributed by atoms with Crippen molar-refractivity contribution in [3.05, 3.63) is 48.6 Å². The van der Waals surface area contributed by atoms with E-state index in [0.717, 1.165) is 5.01 Å². The lowest BCUT2D eigenvalue weighted by Gasteiger charge is -2.30. The highest BCUT2D eigenvalue weighted by molar-refractivity contribution is 7.80. The molecule has 1 aromatic carbocycles. The number of nitrogens with one attached hydrogen (secondary N) is 1. The molecular weight excluding hydrogens is 354 g/mol. The third kappa shape index (κ3) is 3.50. The molecule has 2 unspecified atom stereocenters. The van der Waals surface area contributed by atoms with Gasteiger partial charge in [-0.1, -0.05) is 30.4 Å². The first-order valence-electron chi connectivity index (χ1n) is 7.93. The fourth-order valence-electron chi connectivity index (χ4n) is 2.51. The Morgan fingerprint density at radius 2 is 2.04 bits per heavy atom. The Kier molecular flexibility index (Phi) is 5.13. The van der Waals surface area contributed by atoms with Crippen molar-refractivity contribution < 1.29 is 19.1 Å². The molecule has 3 rings (SSSR count). The maximum absolute atomic E-state index is 12.6. The van der Waals surface area contributed by atoms with E-state index in [4.69, 9.17) is 21.7 Å². The molecule has 26 heavy (non-hydrogen) atoms. The summed E-state index contributed by atoms with van der Waals surface area (Å²) >= 11 is 5.13. The van der Waals surface area contributed by atoms with Crippen molar-refractivity contribution in [3.8, 4) is 11.5 Å². The summed E-state index contributed by atoms with van der Waals surface area (Å²) in [6.07, 6.45) is 6.08. The highest BCUT2D eigenvalue weighted by atomic mass is 32.1. The van der Waals surface area contributed by atoms with E-state index in [0.29, 0.717) is 17.2 Å². The maximum atomic E-state index is 12.6. The number of carbonyl (C=O) groups is 2. The molecule has 0 radical (unpaired) electrons. The lowest BCUT2D eigenvalue weighted by molar-refractivity contribution is -0.140. The summed E-state index contributed by atoms with van der Waals surface area (Å²) in [4.78, 5) is 29.2. The molecule has 1 N–H and O–H groups in total. The first-order chi connectivity index (χ1) is 12.5. The fraction of sp³-hybridized carbons (Fsp3) is 0.222. The first-order valence-corrected chi connectivity index (χ1v) is 8.33. The van der Waals surface area contributed by atoms with Crippen LogP contribution in [0.3, 0.4) is 0 Å². The summed E-state index contributed by atoms with van der Waals surface area (Å²) in [5.74, 6) is -0.521. The summed E-state index contributed by atoms with van der Waals surface area (Å²) in [6, 6.07) is 6.98. The van der Waals surface area contributed by atoms with Gasteiger partial charge in [0.2, 0.25) is 5.11 Å². The second-order valence-electron chi connectivity index (χ2n) is 5.60. The van der Waals surface area contributed by atoms with Crippen molar-refractivity contribution in [2.24, 2.45) is 10.9 Å². The monoisotopic (exact) mass is 371 g/mol. The number of nitrogens with zero attached hydrogens (tertiary/aromatic N) is 2. The van der Waals surface area contributed by atoms with Crippen molar-refractivity contribution in [2.75, 3.05) is 7.11 Å². The quantitative estimate of drug-likeness (QED) is 0.799. The molecule has 7 nitrogen and oxygen atoms in total. The van der Waals surface area contributed by atoms with Crippen LogP contribution < -0.4 is 14.9 Å². The first kappa shape index (κ1) is 17.8. The Morgan fingerprint density at radius 3 is 2.77 bits per heavy atom. The van der Waals surface area contributed by atoms with Gasteiger partial charge >= 0.3 is 0 Å². The number of rotatable bonds is 5. The van der Waals surface area contributed by atoms with Gasteiger partial charge in [0.25, 0.3) is 11.8 Å². The molecule has 2 amide bonds. The molecular formula is C18H17N3O4S. The predicted molar refractivity (Wildman–Crippen MR) is 99.9 cm³/mol. The zero-order valence-electron chi connectivity index (χ0n) is 14.2. The second-order valence-corrected chi connectivity index (χ2v) is 5.97. The van der Waals surface area contributed by atoms with E-state index in [1.54, 1.807) is 55.5 Å². The Morgan fingerprint density at radius 1 is 1.31 bits per heavy atom. The van der Waals surface area contributed by atoms with Crippen LogP contribution in [-0.4, -0.2) is 40.9 Å². The van der Waals surface area contributed by atoms with Crippen LogP contribution >= 0.6 is 12.2 Å².